The molecule has 0 aliphatic rings. The molecule has 46 heavy (non-hydrogen) atoms. The van der Waals surface area contributed by atoms with Crippen LogP contribution in [0.1, 0.15) is 6.42 Å². The lowest BCUT2D eigenvalue weighted by Crippen LogP contribution is -2.35. The lowest BCUT2D eigenvalue weighted by Gasteiger charge is -2.23. The number of azo groups is 1. The van der Waals surface area contributed by atoms with E-state index in [1.54, 1.807) is 18.2 Å². The van der Waals surface area contributed by atoms with Crippen LogP contribution >= 0.6 is 11.6 Å². The van der Waals surface area contributed by atoms with E-state index < -0.39 is 34.6 Å². The van der Waals surface area contributed by atoms with Crippen molar-refractivity contribution in [1.29, 1.82) is 0 Å². The Morgan fingerprint density at radius 1 is 1.07 bits per heavy atom. The number of carbonyl (C=O) groups excluding carboxylic acids is 1. The predicted molar refractivity (Wildman–Crippen MR) is 162 cm³/mol. The number of anilines is 1. The zero-order valence-electron chi connectivity index (χ0n) is 24.3. The number of aliphatic carboxylic acids is 1. The summed E-state index contributed by atoms with van der Waals surface area (Å²) in [6.07, 6.45) is -1.27. The number of ether oxygens (including phenoxy) is 1. The van der Waals surface area contributed by atoms with Gasteiger partial charge in [0.2, 0.25) is 5.88 Å². The van der Waals surface area contributed by atoms with Crippen molar-refractivity contribution in [1.82, 2.24) is 14.9 Å². The van der Waals surface area contributed by atoms with Gasteiger partial charge in [0.05, 0.1) is 22.7 Å². The second-order valence-electron chi connectivity index (χ2n) is 9.60. The highest BCUT2D eigenvalue weighted by molar-refractivity contribution is 7.92. The number of fused-ring (bicyclic) bond motifs is 1. The maximum absolute atomic E-state index is 13.6. The largest absolute Gasteiger partial charge is 0.494 e. The van der Waals surface area contributed by atoms with Crippen LogP contribution < -0.4 is 9.04 Å². The van der Waals surface area contributed by atoms with Crippen LogP contribution in [0.5, 0.6) is 11.6 Å². The Hall–Kier alpha value is -4.74. The zero-order valence-corrected chi connectivity index (χ0v) is 25.8. The Morgan fingerprint density at radius 3 is 2.28 bits per heavy atom. The first kappa shape index (κ1) is 35.7. The summed E-state index contributed by atoms with van der Waals surface area (Å²) in [5.74, 6) is -3.37. The van der Waals surface area contributed by atoms with Crippen LogP contribution in [-0.4, -0.2) is 85.3 Å². The third-order valence-electron chi connectivity index (χ3n) is 5.88. The monoisotopic (exact) mass is 684 g/mol. The number of hydrogen-bond donors (Lipinski definition) is 3. The van der Waals surface area contributed by atoms with E-state index in [0.717, 1.165) is 17.3 Å². The maximum Gasteiger partial charge on any atom is 0.490 e. The summed E-state index contributed by atoms with van der Waals surface area (Å²) < 4.78 is 65.6. The number of halogens is 4. The quantitative estimate of drug-likeness (QED) is 0.138. The minimum absolute atomic E-state index is 0.0218. The van der Waals surface area contributed by atoms with Crippen LogP contribution in [0.25, 0.3) is 10.9 Å². The summed E-state index contributed by atoms with van der Waals surface area (Å²) in [4.78, 5) is 30.4. The minimum Gasteiger partial charge on any atom is -0.494 e. The number of aromatic amines is 1. The molecule has 3 N–H and O–H groups in total. The van der Waals surface area contributed by atoms with E-state index in [0.29, 0.717) is 28.3 Å². The number of pyridine rings is 1. The number of benzene rings is 2. The van der Waals surface area contributed by atoms with Gasteiger partial charge in [0.1, 0.15) is 12.3 Å². The summed E-state index contributed by atoms with van der Waals surface area (Å²) in [5, 5.41) is 25.6. The highest BCUT2D eigenvalue weighted by Crippen LogP contribution is 2.35. The molecular formula is C28H28ClF3N6O7S. The number of carbonyl (C=O) groups is 2. The number of carboxylic acids is 1. The second-order valence-corrected chi connectivity index (χ2v) is 11.9. The van der Waals surface area contributed by atoms with Crippen LogP contribution in [0.4, 0.5) is 24.5 Å². The van der Waals surface area contributed by atoms with Crippen LogP contribution in [-0.2, 0) is 19.6 Å². The van der Waals surface area contributed by atoms with Crippen LogP contribution in [0.2, 0.25) is 5.02 Å². The Labute approximate surface area is 265 Å². The number of amides is 1. The molecule has 2 aromatic heterocycles. The third kappa shape index (κ3) is 9.88. The van der Waals surface area contributed by atoms with Crippen LogP contribution in [0.3, 0.4) is 0 Å². The van der Waals surface area contributed by atoms with Crippen molar-refractivity contribution in [2.75, 3.05) is 38.1 Å². The number of alkyl halides is 3. The van der Waals surface area contributed by atoms with Gasteiger partial charge in [0, 0.05) is 29.3 Å². The van der Waals surface area contributed by atoms with E-state index in [1.807, 2.05) is 19.0 Å². The predicted octanol–water partition coefficient (Wildman–Crippen LogP) is 5.39. The molecular weight excluding hydrogens is 657 g/mol. The van der Waals surface area contributed by atoms with Gasteiger partial charge in [0.15, 0.2) is 5.69 Å². The summed E-state index contributed by atoms with van der Waals surface area (Å²) in [7, 11) is -0.242. The van der Waals surface area contributed by atoms with Crippen molar-refractivity contribution in [3.63, 3.8) is 0 Å². The molecule has 0 bridgehead atoms. The smallest absolute Gasteiger partial charge is 0.490 e. The van der Waals surface area contributed by atoms with Gasteiger partial charge in [-0.05, 0) is 75.1 Å². The summed E-state index contributed by atoms with van der Waals surface area (Å²) in [6, 6.07) is 13.6. The molecule has 246 valence electrons. The lowest BCUT2D eigenvalue weighted by molar-refractivity contribution is -0.192. The first-order valence-corrected chi connectivity index (χ1v) is 15.0. The van der Waals surface area contributed by atoms with Crippen molar-refractivity contribution in [2.24, 2.45) is 10.2 Å². The summed E-state index contributed by atoms with van der Waals surface area (Å²) >= 11 is 5.99. The molecule has 0 saturated heterocycles. The zero-order chi connectivity index (χ0) is 34.1. The number of aromatic nitrogens is 2. The number of hydrogen-bond acceptors (Lipinski definition) is 9. The van der Waals surface area contributed by atoms with Gasteiger partial charge in [0.25, 0.3) is 15.9 Å². The van der Waals surface area contributed by atoms with Crippen molar-refractivity contribution >= 4 is 55.8 Å². The van der Waals surface area contributed by atoms with Gasteiger partial charge in [-0.25, -0.2) is 13.2 Å². The molecule has 0 fully saturated rings. The van der Waals surface area contributed by atoms with E-state index in [-0.39, 0.29) is 22.2 Å². The number of nitrogens with one attached hydrogen (secondary N) is 1. The summed E-state index contributed by atoms with van der Waals surface area (Å²) in [6.45, 7) is 0.713. The van der Waals surface area contributed by atoms with Gasteiger partial charge in [-0.2, -0.15) is 13.2 Å². The topological polar surface area (TPSA) is 178 Å². The molecule has 2 heterocycles. The van der Waals surface area contributed by atoms with E-state index in [9.17, 15) is 31.5 Å². The van der Waals surface area contributed by atoms with Crippen LogP contribution in [0, 0.1) is 0 Å². The van der Waals surface area contributed by atoms with Crippen molar-refractivity contribution in [3.05, 3.63) is 72.0 Å². The van der Waals surface area contributed by atoms with Gasteiger partial charge in [-0.3, -0.25) is 14.1 Å². The molecule has 4 aromatic rings. The molecule has 0 radical (unpaired) electrons. The van der Waals surface area contributed by atoms with Gasteiger partial charge < -0.3 is 24.8 Å². The van der Waals surface area contributed by atoms with E-state index in [1.165, 1.54) is 48.8 Å². The molecule has 2 aromatic carbocycles. The number of sulfonamides is 1. The Bertz CT molecular complexity index is 1780. The highest BCUT2D eigenvalue weighted by Gasteiger charge is 2.38. The first-order valence-electron chi connectivity index (χ1n) is 13.1. The molecule has 0 unspecified atom stereocenters. The number of rotatable bonds is 11. The standard InChI is InChI=1S/C26H27ClN6O5S.C2HF3O2/c1-32(2)14-3-15-38-20-8-10-21(11-9-20)39(36,37)33(19-6-4-18(27)5-7-19)17-24(34)30-31-25-22-16-28-13-12-23(22)29-26(25)35;3-2(4,5)1(6)7/h4-13,16,29,35H,3,14-15,17H2,1-2H3;(H,6,7). The Balaban J connectivity index is 0.000000738. The van der Waals surface area contributed by atoms with Gasteiger partial charge in [-0.15, -0.1) is 10.2 Å². The Kier molecular flexibility index (Phi) is 12.0. The first-order chi connectivity index (χ1) is 21.6. The fourth-order valence-electron chi connectivity index (χ4n) is 3.70. The Morgan fingerprint density at radius 2 is 1.70 bits per heavy atom. The minimum atomic E-state index is -5.08. The summed E-state index contributed by atoms with van der Waals surface area (Å²) in [5.41, 5.74) is 0.791. The number of aromatic hydroxyl groups is 1. The fraction of sp³-hybridized carbons (Fsp3) is 0.250. The SMILES string of the molecule is CN(C)CCCOc1ccc(S(=O)(=O)N(CC(=O)N=Nc2c(O)[nH]c3ccncc23)c2ccc(Cl)cc2)cc1.O=C(O)C(F)(F)F. The van der Waals surface area contributed by atoms with E-state index in [4.69, 9.17) is 26.2 Å². The number of nitrogens with zero attached hydrogens (tertiary/aromatic N) is 5. The van der Waals surface area contributed by atoms with Gasteiger partial charge in [-0.1, -0.05) is 11.6 Å². The lowest BCUT2D eigenvalue weighted by atomic mass is 10.3. The average Bonchev–Trinajstić information content (AvgIpc) is 3.32. The second kappa shape index (κ2) is 15.5. The van der Waals surface area contributed by atoms with Gasteiger partial charge >= 0.3 is 12.1 Å². The number of H-pyrrole nitrogens is 1. The maximum atomic E-state index is 13.6. The molecule has 18 heteroatoms. The van der Waals surface area contributed by atoms with Crippen LogP contribution in [0.15, 0.2) is 82.1 Å². The van der Waals surface area contributed by atoms with Crippen molar-refractivity contribution in [3.8, 4) is 11.6 Å². The molecule has 0 spiro atoms. The molecule has 0 saturated carbocycles. The molecule has 13 nitrogen and oxygen atoms in total. The molecule has 4 rings (SSSR count). The molecule has 1 amide bonds. The van der Waals surface area contributed by atoms with Crippen molar-refractivity contribution < 1.29 is 46.1 Å². The molecule has 0 aliphatic carbocycles. The van der Waals surface area contributed by atoms with Crippen molar-refractivity contribution in [2.45, 2.75) is 17.5 Å². The highest BCUT2D eigenvalue weighted by atomic mass is 35.5. The normalized spacial score (nSPS) is 11.8. The fourth-order valence-corrected chi connectivity index (χ4v) is 5.24. The van der Waals surface area contributed by atoms with E-state index >= 15 is 0 Å². The molecule has 0 atom stereocenters. The third-order valence-corrected chi connectivity index (χ3v) is 7.92. The molecule has 0 aliphatic heterocycles. The van der Waals surface area contributed by atoms with E-state index in [2.05, 4.69) is 20.2 Å². The number of carboxylic acid groups (broad SMARTS) is 1. The average molecular weight is 685 g/mol.